The molecule has 1 aliphatic rings. The molecule has 0 saturated heterocycles. The van der Waals surface area contributed by atoms with Gasteiger partial charge in [-0.15, -0.1) is 0 Å². The van der Waals surface area contributed by atoms with E-state index in [1.54, 1.807) is 0 Å². The van der Waals surface area contributed by atoms with Crippen molar-refractivity contribution in [3.63, 3.8) is 0 Å². The lowest BCUT2D eigenvalue weighted by atomic mass is 10.5. The van der Waals surface area contributed by atoms with Crippen LogP contribution in [0, 0.1) is 0 Å². The first-order valence-corrected chi connectivity index (χ1v) is 12.6. The minimum Gasteiger partial charge on any atom is -0.394 e. The summed E-state index contributed by atoms with van der Waals surface area (Å²) in [6.07, 6.45) is 2.51. The third-order valence-electron chi connectivity index (χ3n) is 4.57. The van der Waals surface area contributed by atoms with Crippen LogP contribution in [0.15, 0.2) is 12.2 Å². The minimum atomic E-state index is -0.306. The van der Waals surface area contributed by atoms with E-state index in [4.69, 9.17) is 47.7 Å². The van der Waals surface area contributed by atoms with Crippen molar-refractivity contribution in [2.45, 2.75) is 0 Å². The Balaban J connectivity index is 1.64. The van der Waals surface area contributed by atoms with E-state index in [-0.39, 0.29) is 31.6 Å². The molecule has 2 amide bonds. The smallest absolute Gasteiger partial charge is 0.253 e. The van der Waals surface area contributed by atoms with Crippen molar-refractivity contribution in [1.82, 2.24) is 4.90 Å². The van der Waals surface area contributed by atoms with E-state index in [1.165, 1.54) is 12.2 Å². The summed E-state index contributed by atoms with van der Waals surface area (Å²) >= 11 is 0. The Morgan fingerprint density at radius 2 is 0.676 bits per heavy atom. The molecule has 1 aliphatic heterocycles. The largest absolute Gasteiger partial charge is 0.394 e. The molecule has 0 aromatic rings. The van der Waals surface area contributed by atoms with Crippen LogP contribution in [0.25, 0.3) is 0 Å². The zero-order valence-electron chi connectivity index (χ0n) is 21.7. The van der Waals surface area contributed by atoms with E-state index in [9.17, 15) is 9.59 Å². The van der Waals surface area contributed by atoms with Gasteiger partial charge < -0.3 is 47.7 Å². The molecule has 0 spiro atoms. The number of nitrogens with zero attached hydrogens (tertiary/aromatic N) is 1. The van der Waals surface area contributed by atoms with Crippen molar-refractivity contribution in [2.24, 2.45) is 0 Å². The van der Waals surface area contributed by atoms with Gasteiger partial charge in [0.25, 0.3) is 11.8 Å². The Bertz CT molecular complexity index is 560. The number of carbonyl (C=O) groups excluding carboxylic acids is 2. The molecule has 0 unspecified atom stereocenters. The number of hydrogen-bond donors (Lipinski definition) is 1. The third kappa shape index (κ3) is 21.1. The highest BCUT2D eigenvalue weighted by Gasteiger charge is 2.22. The number of imide groups is 1. The van der Waals surface area contributed by atoms with E-state index in [0.717, 1.165) is 4.90 Å². The molecule has 0 aromatic carbocycles. The van der Waals surface area contributed by atoms with Gasteiger partial charge in [0.05, 0.1) is 132 Å². The Hall–Kier alpha value is -1.52. The predicted molar refractivity (Wildman–Crippen MR) is 130 cm³/mol. The maximum atomic E-state index is 11.4. The van der Waals surface area contributed by atoms with Crippen LogP contribution >= 0.6 is 0 Å². The molecule has 1 rings (SSSR count). The van der Waals surface area contributed by atoms with E-state index >= 15 is 0 Å². The van der Waals surface area contributed by atoms with Crippen molar-refractivity contribution < 1.29 is 57.3 Å². The number of rotatable bonds is 29. The molecular formula is C24H43NO12. The molecule has 37 heavy (non-hydrogen) atoms. The fourth-order valence-corrected chi connectivity index (χ4v) is 2.73. The van der Waals surface area contributed by atoms with Crippen LogP contribution in [-0.2, 0) is 52.2 Å². The molecule has 0 aliphatic carbocycles. The molecule has 216 valence electrons. The van der Waals surface area contributed by atoms with Crippen LogP contribution in [0.1, 0.15) is 0 Å². The second-order valence-corrected chi connectivity index (χ2v) is 7.40. The first-order valence-electron chi connectivity index (χ1n) is 12.6. The van der Waals surface area contributed by atoms with Crippen LogP contribution in [-0.4, -0.2) is 154 Å². The molecule has 13 nitrogen and oxygen atoms in total. The van der Waals surface area contributed by atoms with Gasteiger partial charge >= 0.3 is 0 Å². The summed E-state index contributed by atoms with van der Waals surface area (Å²) in [7, 11) is 0. The summed E-state index contributed by atoms with van der Waals surface area (Å²) in [4.78, 5) is 23.9. The lowest BCUT2D eigenvalue weighted by Crippen LogP contribution is -2.33. The molecule has 0 atom stereocenters. The summed E-state index contributed by atoms with van der Waals surface area (Å²) in [6, 6.07) is 0. The lowest BCUT2D eigenvalue weighted by Gasteiger charge is -2.13. The monoisotopic (exact) mass is 537 g/mol. The number of aliphatic hydroxyl groups is 1. The topological polar surface area (TPSA) is 141 Å². The maximum Gasteiger partial charge on any atom is 0.253 e. The van der Waals surface area contributed by atoms with E-state index in [2.05, 4.69) is 0 Å². The predicted octanol–water partition coefficient (Wildman–Crippen LogP) is -0.947. The second-order valence-electron chi connectivity index (χ2n) is 7.40. The summed E-state index contributed by atoms with van der Waals surface area (Å²) in [5.74, 6) is -0.613. The quantitative estimate of drug-likeness (QED) is 0.0929. The van der Waals surface area contributed by atoms with Gasteiger partial charge in [-0.2, -0.15) is 0 Å². The highest BCUT2D eigenvalue weighted by Crippen LogP contribution is 2.02. The Morgan fingerprint density at radius 3 is 0.946 bits per heavy atom. The van der Waals surface area contributed by atoms with Crippen molar-refractivity contribution >= 4 is 11.8 Å². The standard InChI is InChI=1S/C24H43NO12/c26-4-6-30-8-10-32-12-14-34-16-18-36-20-22-37-21-19-35-17-15-33-13-11-31-9-7-29-5-3-25-23(27)1-2-24(25)28/h1-2,26H,3-22H2. The summed E-state index contributed by atoms with van der Waals surface area (Å²) < 4.78 is 48.1. The first-order chi connectivity index (χ1) is 18.3. The lowest BCUT2D eigenvalue weighted by molar-refractivity contribution is -0.137. The second kappa shape index (κ2) is 26.1. The van der Waals surface area contributed by atoms with Crippen molar-refractivity contribution in [3.8, 4) is 0 Å². The van der Waals surface area contributed by atoms with E-state index in [0.29, 0.717) is 112 Å². The highest BCUT2D eigenvalue weighted by atomic mass is 16.6. The van der Waals surface area contributed by atoms with Gasteiger partial charge in [0, 0.05) is 12.2 Å². The van der Waals surface area contributed by atoms with Crippen LogP contribution in [0.3, 0.4) is 0 Å². The first kappa shape index (κ1) is 33.5. The molecule has 0 bridgehead atoms. The molecule has 0 fully saturated rings. The van der Waals surface area contributed by atoms with Crippen LogP contribution < -0.4 is 0 Å². The fourth-order valence-electron chi connectivity index (χ4n) is 2.73. The zero-order valence-corrected chi connectivity index (χ0v) is 21.7. The molecular weight excluding hydrogens is 494 g/mol. The number of amides is 2. The van der Waals surface area contributed by atoms with Gasteiger partial charge in [0.15, 0.2) is 0 Å². The number of aliphatic hydroxyl groups excluding tert-OH is 1. The van der Waals surface area contributed by atoms with Crippen molar-refractivity contribution in [3.05, 3.63) is 12.2 Å². The Kier molecular flexibility index (Phi) is 23.6. The molecule has 1 N–H and O–H groups in total. The van der Waals surface area contributed by atoms with Gasteiger partial charge in [0.1, 0.15) is 0 Å². The number of hydrogen-bond acceptors (Lipinski definition) is 12. The van der Waals surface area contributed by atoms with Gasteiger partial charge in [-0.05, 0) is 0 Å². The van der Waals surface area contributed by atoms with E-state index < -0.39 is 0 Å². The van der Waals surface area contributed by atoms with Crippen LogP contribution in [0.2, 0.25) is 0 Å². The van der Waals surface area contributed by atoms with Gasteiger partial charge in [-0.3, -0.25) is 14.5 Å². The number of ether oxygens (including phenoxy) is 9. The maximum absolute atomic E-state index is 11.4. The fraction of sp³-hybridized carbons (Fsp3) is 0.833. The van der Waals surface area contributed by atoms with E-state index in [1.807, 2.05) is 0 Å². The Labute approximate surface area is 218 Å². The third-order valence-corrected chi connectivity index (χ3v) is 4.57. The van der Waals surface area contributed by atoms with Gasteiger partial charge in [-0.25, -0.2) is 0 Å². The van der Waals surface area contributed by atoms with Gasteiger partial charge in [0.2, 0.25) is 0 Å². The molecule has 1 heterocycles. The molecule has 13 heteroatoms. The minimum absolute atomic E-state index is 0.0202. The van der Waals surface area contributed by atoms with Gasteiger partial charge in [-0.1, -0.05) is 0 Å². The molecule has 0 radical (unpaired) electrons. The summed E-state index contributed by atoms with van der Waals surface area (Å²) in [6.45, 7) is 8.38. The molecule has 0 aromatic heterocycles. The van der Waals surface area contributed by atoms with Crippen LogP contribution in [0.4, 0.5) is 0 Å². The van der Waals surface area contributed by atoms with Crippen molar-refractivity contribution in [2.75, 3.05) is 132 Å². The number of carbonyl (C=O) groups is 2. The highest BCUT2D eigenvalue weighted by molar-refractivity contribution is 6.12. The SMILES string of the molecule is O=C1C=CC(=O)N1CCOCCOCCOCCOCCOCCOCCOCCOCCOCCO. The van der Waals surface area contributed by atoms with Crippen molar-refractivity contribution in [1.29, 1.82) is 0 Å². The summed E-state index contributed by atoms with van der Waals surface area (Å²) in [5.41, 5.74) is 0. The normalized spacial score (nSPS) is 13.4. The average molecular weight is 538 g/mol. The molecule has 0 saturated carbocycles. The average Bonchev–Trinajstić information content (AvgIpc) is 3.22. The zero-order chi connectivity index (χ0) is 26.7. The van der Waals surface area contributed by atoms with Crippen LogP contribution in [0.5, 0.6) is 0 Å². The Morgan fingerprint density at radius 1 is 0.432 bits per heavy atom. The summed E-state index contributed by atoms with van der Waals surface area (Å²) in [5, 5.41) is 8.55.